The van der Waals surface area contributed by atoms with E-state index in [9.17, 15) is 4.39 Å². The van der Waals surface area contributed by atoms with E-state index in [2.05, 4.69) is 53.6 Å². The largest absolute Gasteiger partial charge is 0.493 e. The minimum absolute atomic E-state index is 0.261. The van der Waals surface area contributed by atoms with Crippen molar-refractivity contribution in [3.63, 3.8) is 0 Å². The van der Waals surface area contributed by atoms with Gasteiger partial charge in [0.15, 0.2) is 11.5 Å². The number of aryl methyl sites for hydroxylation is 2. The zero-order valence-corrected chi connectivity index (χ0v) is 18.2. The summed E-state index contributed by atoms with van der Waals surface area (Å²) in [5.41, 5.74) is 5.11. The van der Waals surface area contributed by atoms with Crippen molar-refractivity contribution in [2.45, 2.75) is 20.5 Å². The highest BCUT2D eigenvalue weighted by Gasteiger charge is 2.11. The molecule has 3 nitrogen and oxygen atoms in total. The number of nitrogens with zero attached hydrogens (tertiary/aromatic N) is 1. The van der Waals surface area contributed by atoms with Crippen LogP contribution in [0.2, 0.25) is 0 Å². The van der Waals surface area contributed by atoms with E-state index in [1.807, 2.05) is 24.4 Å². The smallest absolute Gasteiger partial charge is 0.174 e. The van der Waals surface area contributed by atoms with E-state index in [1.54, 1.807) is 19.2 Å². The number of hydrogen-bond donors (Lipinski definition) is 0. The third-order valence-electron chi connectivity index (χ3n) is 4.25. The number of rotatable bonds is 6. The molecule has 0 saturated carbocycles. The van der Waals surface area contributed by atoms with Crippen LogP contribution >= 0.6 is 22.6 Å². The van der Waals surface area contributed by atoms with E-state index in [1.165, 1.54) is 17.7 Å². The molecule has 5 heteroatoms. The summed E-state index contributed by atoms with van der Waals surface area (Å²) in [4.78, 5) is 4.60. The number of halogens is 2. The lowest BCUT2D eigenvalue weighted by molar-refractivity contribution is 0.282. The average Bonchev–Trinajstić information content (AvgIpc) is 2.67. The Kier molecular flexibility index (Phi) is 6.67. The molecule has 0 amide bonds. The molecular formula is C23H21FINO2. The molecule has 0 saturated heterocycles. The summed E-state index contributed by atoms with van der Waals surface area (Å²) < 4.78 is 25.4. The van der Waals surface area contributed by atoms with Gasteiger partial charge in [-0.15, -0.1) is 0 Å². The van der Waals surface area contributed by atoms with E-state index < -0.39 is 0 Å². The van der Waals surface area contributed by atoms with Crippen LogP contribution in [0.15, 0.2) is 59.6 Å². The Labute approximate surface area is 178 Å². The minimum atomic E-state index is -0.261. The molecule has 0 bridgehead atoms. The van der Waals surface area contributed by atoms with Crippen LogP contribution in [-0.4, -0.2) is 13.3 Å². The first kappa shape index (κ1) is 20.3. The van der Waals surface area contributed by atoms with Crippen LogP contribution < -0.4 is 9.47 Å². The second kappa shape index (κ2) is 9.19. The molecule has 0 aliphatic heterocycles. The molecule has 3 aromatic rings. The highest BCUT2D eigenvalue weighted by Crippen LogP contribution is 2.34. The summed E-state index contributed by atoms with van der Waals surface area (Å²) in [6.07, 6.45) is 1.83. The quantitative estimate of drug-likeness (QED) is 0.297. The summed E-state index contributed by atoms with van der Waals surface area (Å²) in [7, 11) is 1.61. The predicted octanol–water partition coefficient (Wildman–Crippen LogP) is 6.39. The van der Waals surface area contributed by atoms with E-state index in [0.717, 1.165) is 25.9 Å². The van der Waals surface area contributed by atoms with Crippen LogP contribution in [0.3, 0.4) is 0 Å². The molecule has 0 aliphatic rings. The second-order valence-electron chi connectivity index (χ2n) is 6.50. The molecule has 3 rings (SSSR count). The molecule has 0 radical (unpaired) electrons. The first-order chi connectivity index (χ1) is 13.5. The first-order valence-corrected chi connectivity index (χ1v) is 9.90. The van der Waals surface area contributed by atoms with Gasteiger partial charge in [-0.05, 0) is 83.5 Å². The molecule has 0 heterocycles. The summed E-state index contributed by atoms with van der Waals surface area (Å²) in [6, 6.07) is 16.3. The number of hydrogen-bond acceptors (Lipinski definition) is 3. The molecule has 0 atom stereocenters. The summed E-state index contributed by atoms with van der Waals surface area (Å²) >= 11 is 2.22. The molecule has 0 N–H and O–H groups in total. The van der Waals surface area contributed by atoms with Gasteiger partial charge in [0, 0.05) is 6.21 Å². The van der Waals surface area contributed by atoms with Crippen molar-refractivity contribution in [2.75, 3.05) is 7.11 Å². The minimum Gasteiger partial charge on any atom is -0.493 e. The Hall–Kier alpha value is -2.41. The van der Waals surface area contributed by atoms with E-state index in [4.69, 9.17) is 9.47 Å². The van der Waals surface area contributed by atoms with Crippen molar-refractivity contribution in [1.82, 2.24) is 0 Å². The number of ether oxygens (including phenoxy) is 2. The van der Waals surface area contributed by atoms with E-state index in [0.29, 0.717) is 18.1 Å². The van der Waals surface area contributed by atoms with Crippen LogP contribution in [0, 0.1) is 23.2 Å². The molecule has 0 spiro atoms. The third-order valence-corrected chi connectivity index (χ3v) is 5.05. The van der Waals surface area contributed by atoms with E-state index in [-0.39, 0.29) is 5.82 Å². The second-order valence-corrected chi connectivity index (χ2v) is 7.66. The third kappa shape index (κ3) is 5.10. The highest BCUT2D eigenvalue weighted by atomic mass is 127. The Balaban J connectivity index is 1.80. The van der Waals surface area contributed by atoms with Crippen molar-refractivity contribution in [1.29, 1.82) is 0 Å². The van der Waals surface area contributed by atoms with Crippen molar-refractivity contribution in [3.05, 3.63) is 86.2 Å². The fourth-order valence-corrected chi connectivity index (χ4v) is 3.57. The van der Waals surface area contributed by atoms with Crippen molar-refractivity contribution >= 4 is 34.5 Å². The predicted molar refractivity (Wildman–Crippen MR) is 120 cm³/mol. The average molecular weight is 489 g/mol. The van der Waals surface area contributed by atoms with Gasteiger partial charge in [-0.3, -0.25) is 4.99 Å². The Morgan fingerprint density at radius 1 is 1.04 bits per heavy atom. The monoisotopic (exact) mass is 489 g/mol. The zero-order chi connectivity index (χ0) is 20.1. The molecule has 0 fully saturated rings. The first-order valence-electron chi connectivity index (χ1n) is 8.82. The number of methoxy groups -OCH3 is 1. The molecule has 3 aromatic carbocycles. The Morgan fingerprint density at radius 2 is 1.79 bits per heavy atom. The molecule has 144 valence electrons. The van der Waals surface area contributed by atoms with Crippen molar-refractivity contribution < 1.29 is 13.9 Å². The van der Waals surface area contributed by atoms with Gasteiger partial charge in [-0.2, -0.15) is 0 Å². The summed E-state index contributed by atoms with van der Waals surface area (Å²) in [5.74, 6) is 1.04. The number of aliphatic imine (C=N–C) groups is 1. The van der Waals surface area contributed by atoms with Crippen LogP contribution in [0.4, 0.5) is 10.1 Å². The zero-order valence-electron chi connectivity index (χ0n) is 16.0. The lowest BCUT2D eigenvalue weighted by Gasteiger charge is -2.13. The van der Waals surface area contributed by atoms with Crippen molar-refractivity contribution in [3.8, 4) is 11.5 Å². The molecule has 0 aliphatic carbocycles. The molecule has 0 unspecified atom stereocenters. The van der Waals surface area contributed by atoms with E-state index >= 15 is 0 Å². The maximum absolute atomic E-state index is 13.0. The molecule has 0 aromatic heterocycles. The maximum Gasteiger partial charge on any atom is 0.174 e. The van der Waals surface area contributed by atoms with Crippen LogP contribution in [0.1, 0.15) is 22.3 Å². The van der Waals surface area contributed by atoms with Gasteiger partial charge in [-0.1, -0.05) is 29.8 Å². The van der Waals surface area contributed by atoms with Crippen LogP contribution in [0.25, 0.3) is 0 Å². The van der Waals surface area contributed by atoms with Gasteiger partial charge in [0.05, 0.1) is 16.4 Å². The Bertz CT molecular complexity index is 1000. The summed E-state index contributed by atoms with van der Waals surface area (Å²) in [5, 5.41) is 0. The Morgan fingerprint density at radius 3 is 2.46 bits per heavy atom. The van der Waals surface area contributed by atoms with Crippen molar-refractivity contribution in [2.24, 2.45) is 4.99 Å². The molecular weight excluding hydrogens is 468 g/mol. The van der Waals surface area contributed by atoms with Crippen LogP contribution in [0.5, 0.6) is 11.5 Å². The lowest BCUT2D eigenvalue weighted by Crippen LogP contribution is -2.01. The van der Waals surface area contributed by atoms with Gasteiger partial charge in [0.2, 0.25) is 0 Å². The van der Waals surface area contributed by atoms with Gasteiger partial charge >= 0.3 is 0 Å². The topological polar surface area (TPSA) is 30.8 Å². The highest BCUT2D eigenvalue weighted by molar-refractivity contribution is 14.1. The fourth-order valence-electron chi connectivity index (χ4n) is 2.78. The SMILES string of the molecule is COc1cc(C=Nc2ccc(C)cc2C)cc(I)c1OCc1ccc(F)cc1. The summed E-state index contributed by atoms with van der Waals surface area (Å²) in [6.45, 7) is 4.46. The molecule has 28 heavy (non-hydrogen) atoms. The van der Waals surface area contributed by atoms with Gasteiger partial charge in [0.25, 0.3) is 0 Å². The van der Waals surface area contributed by atoms with Gasteiger partial charge in [-0.25, -0.2) is 4.39 Å². The maximum atomic E-state index is 13.0. The standard InChI is InChI=1S/C23H21FINO2/c1-15-4-9-21(16(2)10-15)26-13-18-11-20(25)23(22(12-18)27-3)28-14-17-5-7-19(24)8-6-17/h4-13H,14H2,1-3H3. The van der Waals surface area contributed by atoms with Gasteiger partial charge < -0.3 is 9.47 Å². The fraction of sp³-hybridized carbons (Fsp3) is 0.174. The van der Waals surface area contributed by atoms with Gasteiger partial charge in [0.1, 0.15) is 12.4 Å². The lowest BCUT2D eigenvalue weighted by atomic mass is 10.1. The normalized spacial score (nSPS) is 11.0. The van der Waals surface area contributed by atoms with Crippen LogP contribution in [-0.2, 0) is 6.61 Å². The number of benzene rings is 3.